The van der Waals surface area contributed by atoms with Gasteiger partial charge < -0.3 is 19.1 Å². The van der Waals surface area contributed by atoms with E-state index in [-0.39, 0.29) is 17.3 Å². The molecule has 0 amide bonds. The lowest BCUT2D eigenvalue weighted by atomic mass is 10.0. The van der Waals surface area contributed by atoms with Crippen molar-refractivity contribution < 1.29 is 36.6 Å². The molecule has 2 heterocycles. The number of sulfonamides is 1. The van der Waals surface area contributed by atoms with Crippen molar-refractivity contribution in [2.45, 2.75) is 148 Å². The lowest BCUT2D eigenvalue weighted by Crippen LogP contribution is -2.36. The third-order valence-electron chi connectivity index (χ3n) is 8.55. The first-order chi connectivity index (χ1) is 23.1. The van der Waals surface area contributed by atoms with Gasteiger partial charge in [-0.25, -0.2) is 17.8 Å². The molecule has 3 N–H and O–H groups in total. The Kier molecular flexibility index (Phi) is 20.6. The number of unbranched alkanes of at least 4 members (excludes halogenated alkanes) is 19. The van der Waals surface area contributed by atoms with Gasteiger partial charge in [-0.3, -0.25) is 18.9 Å². The van der Waals surface area contributed by atoms with Crippen LogP contribution < -0.4 is 15.7 Å². The van der Waals surface area contributed by atoms with Gasteiger partial charge in [0, 0.05) is 26.5 Å². The van der Waals surface area contributed by atoms with Crippen molar-refractivity contribution in [3.8, 4) is 0 Å². The SMILES string of the molecule is CCCCCCCCCCCCCCCCCCCCCCS(=O)(=O)NP(=O)(OC)OC1=C(CO)O[C@@H](n2ccc(=O)[nH]c2=O)C1OC. The van der Waals surface area contributed by atoms with Crippen molar-refractivity contribution in [3.63, 3.8) is 0 Å². The monoisotopic (exact) mass is 721 g/mol. The predicted molar refractivity (Wildman–Crippen MR) is 187 cm³/mol. The number of nitrogens with one attached hydrogen (secondary N) is 2. The molecule has 15 heteroatoms. The molecule has 1 aromatic heterocycles. The standard InChI is InChI=1S/C33H60N3O10PS/c1-4-5-6-7-8-9-10-11-12-13-14-15-16-17-18-19-20-21-22-23-26-48(41,42)35-47(40,44-3)46-30-28(27-37)45-32(31(30)43-2)36-25-24-29(38)34-33(36)39/h24-25,31-32,37H,4-23,26-27H2,1-3H3,(H,35,40)(H,34,38,39)/t31?,32-,47?/m1/s1. The Bertz CT molecular complexity index is 1350. The van der Waals surface area contributed by atoms with Crippen molar-refractivity contribution in [1.82, 2.24) is 14.0 Å². The molecule has 278 valence electrons. The molecule has 48 heavy (non-hydrogen) atoms. The first-order valence-electron chi connectivity index (χ1n) is 17.8. The summed E-state index contributed by atoms with van der Waals surface area (Å²) in [5.74, 6) is -0.820. The zero-order valence-corrected chi connectivity index (χ0v) is 31.0. The Morgan fingerprint density at radius 3 is 1.75 bits per heavy atom. The highest BCUT2D eigenvalue weighted by Crippen LogP contribution is 2.50. The summed E-state index contributed by atoms with van der Waals surface area (Å²) in [5, 5.41) is 9.83. The van der Waals surface area contributed by atoms with E-state index in [1.54, 1.807) is 0 Å². The molecule has 0 saturated carbocycles. The Hall–Kier alpha value is -1.96. The topological polar surface area (TPSA) is 175 Å². The molecule has 1 aromatic rings. The fraction of sp³-hybridized carbons (Fsp3) is 0.818. The van der Waals surface area contributed by atoms with Gasteiger partial charge in [-0.15, -0.1) is 4.49 Å². The summed E-state index contributed by atoms with van der Waals surface area (Å²) in [7, 11) is -6.32. The molecule has 1 aliphatic rings. The highest BCUT2D eigenvalue weighted by atomic mass is 32.2. The third kappa shape index (κ3) is 15.7. The van der Waals surface area contributed by atoms with E-state index in [0.29, 0.717) is 12.8 Å². The van der Waals surface area contributed by atoms with Gasteiger partial charge in [-0.05, 0) is 6.42 Å². The first-order valence-corrected chi connectivity index (χ1v) is 21.0. The van der Waals surface area contributed by atoms with Crippen LogP contribution in [-0.2, 0) is 33.1 Å². The molecule has 2 rings (SSSR count). The van der Waals surface area contributed by atoms with Crippen molar-refractivity contribution in [1.29, 1.82) is 0 Å². The van der Waals surface area contributed by atoms with E-state index in [2.05, 4.69) is 11.9 Å². The van der Waals surface area contributed by atoms with E-state index >= 15 is 0 Å². The van der Waals surface area contributed by atoms with Gasteiger partial charge in [0.2, 0.25) is 16.3 Å². The van der Waals surface area contributed by atoms with Crippen LogP contribution in [0.4, 0.5) is 0 Å². The van der Waals surface area contributed by atoms with E-state index in [1.807, 2.05) is 4.49 Å². The minimum absolute atomic E-state index is 0.240. The Labute approximate surface area is 286 Å². The molecule has 0 bridgehead atoms. The average molecular weight is 722 g/mol. The minimum atomic E-state index is -4.52. The lowest BCUT2D eigenvalue weighted by Gasteiger charge is -2.23. The second-order valence-corrected chi connectivity index (χ2v) is 16.4. The van der Waals surface area contributed by atoms with E-state index in [0.717, 1.165) is 43.2 Å². The van der Waals surface area contributed by atoms with Crippen LogP contribution in [0.5, 0.6) is 0 Å². The van der Waals surface area contributed by atoms with E-state index < -0.39 is 48.0 Å². The maximum atomic E-state index is 13.4. The summed E-state index contributed by atoms with van der Waals surface area (Å²) in [6.07, 6.45) is 23.0. The summed E-state index contributed by atoms with van der Waals surface area (Å²) >= 11 is 0. The third-order valence-corrected chi connectivity index (χ3v) is 12.3. The Morgan fingerprint density at radius 1 is 0.854 bits per heavy atom. The van der Waals surface area contributed by atoms with Crippen LogP contribution in [0, 0.1) is 0 Å². The summed E-state index contributed by atoms with van der Waals surface area (Å²) in [6.45, 7) is 1.52. The number of hydrogen-bond donors (Lipinski definition) is 3. The Balaban J connectivity index is 1.63. The lowest BCUT2D eigenvalue weighted by molar-refractivity contribution is -0.0368. The summed E-state index contributed by atoms with van der Waals surface area (Å²) < 4.78 is 63.3. The minimum Gasteiger partial charge on any atom is -0.465 e. The zero-order valence-electron chi connectivity index (χ0n) is 29.3. The van der Waals surface area contributed by atoms with Crippen LogP contribution in [-0.4, -0.2) is 55.8 Å². The van der Waals surface area contributed by atoms with Crippen molar-refractivity contribution >= 4 is 17.8 Å². The maximum Gasteiger partial charge on any atom is 0.471 e. The number of aliphatic hydroxyl groups excluding tert-OH is 1. The number of aromatic nitrogens is 2. The molecule has 1 aliphatic heterocycles. The number of nitrogens with zero attached hydrogens (tertiary/aromatic N) is 1. The van der Waals surface area contributed by atoms with Gasteiger partial charge in [0.15, 0.2) is 17.6 Å². The van der Waals surface area contributed by atoms with E-state index in [4.69, 9.17) is 18.5 Å². The van der Waals surface area contributed by atoms with Gasteiger partial charge in [0.25, 0.3) is 5.56 Å². The second kappa shape index (κ2) is 23.4. The predicted octanol–water partition coefficient (Wildman–Crippen LogP) is 6.80. The molecular formula is C33H60N3O10PS. The number of aromatic amines is 1. The first kappa shape index (κ1) is 42.2. The van der Waals surface area contributed by atoms with E-state index in [1.165, 1.54) is 103 Å². The van der Waals surface area contributed by atoms with Crippen molar-refractivity contribution in [2.24, 2.45) is 0 Å². The highest BCUT2D eigenvalue weighted by Gasteiger charge is 2.45. The molecule has 2 unspecified atom stereocenters. The number of methoxy groups -OCH3 is 1. The van der Waals surface area contributed by atoms with Gasteiger partial charge in [-0.2, -0.15) is 0 Å². The van der Waals surface area contributed by atoms with Crippen LogP contribution in [0.1, 0.15) is 142 Å². The number of hydrogen-bond acceptors (Lipinski definition) is 10. The largest absolute Gasteiger partial charge is 0.471 e. The van der Waals surface area contributed by atoms with Gasteiger partial charge in [-0.1, -0.05) is 129 Å². The van der Waals surface area contributed by atoms with E-state index in [9.17, 15) is 27.7 Å². The van der Waals surface area contributed by atoms with Crippen molar-refractivity contribution in [2.75, 3.05) is 26.6 Å². The number of rotatable bonds is 29. The zero-order chi connectivity index (χ0) is 35.3. The van der Waals surface area contributed by atoms with Gasteiger partial charge in [0.05, 0.1) is 5.75 Å². The van der Waals surface area contributed by atoms with Gasteiger partial charge in [0.1, 0.15) is 6.61 Å². The molecule has 0 saturated heterocycles. The number of aliphatic hydroxyl groups is 1. The highest BCUT2D eigenvalue weighted by molar-refractivity contribution is 7.94. The molecule has 0 fully saturated rings. The summed E-state index contributed by atoms with van der Waals surface area (Å²) in [5.41, 5.74) is -1.45. The normalized spacial score (nSPS) is 17.8. The summed E-state index contributed by atoms with van der Waals surface area (Å²) in [4.78, 5) is 25.9. The number of ether oxygens (including phenoxy) is 2. The Morgan fingerprint density at radius 2 is 1.33 bits per heavy atom. The fourth-order valence-corrected chi connectivity index (χ4v) is 9.11. The smallest absolute Gasteiger partial charge is 0.465 e. The average Bonchev–Trinajstić information content (AvgIpc) is 3.39. The van der Waals surface area contributed by atoms with Crippen LogP contribution in [0.2, 0.25) is 0 Å². The molecule has 13 nitrogen and oxygen atoms in total. The van der Waals surface area contributed by atoms with Crippen molar-refractivity contribution in [3.05, 3.63) is 44.6 Å². The molecule has 0 aromatic carbocycles. The summed E-state index contributed by atoms with van der Waals surface area (Å²) in [6, 6.07) is 1.09. The number of H-pyrrole nitrogens is 1. The quantitative estimate of drug-likeness (QED) is 0.0590. The fourth-order valence-electron chi connectivity index (χ4n) is 5.81. The second-order valence-electron chi connectivity index (χ2n) is 12.5. The molecular weight excluding hydrogens is 661 g/mol. The molecule has 0 spiro atoms. The van der Waals surface area contributed by atoms with Gasteiger partial charge >= 0.3 is 13.4 Å². The molecule has 3 atom stereocenters. The van der Waals surface area contributed by atoms with Crippen LogP contribution in [0.3, 0.4) is 0 Å². The van der Waals surface area contributed by atoms with Crippen LogP contribution >= 0.6 is 7.75 Å². The molecule has 0 radical (unpaired) electrons. The maximum absolute atomic E-state index is 13.4. The van der Waals surface area contributed by atoms with Crippen LogP contribution in [0.15, 0.2) is 33.4 Å². The molecule has 0 aliphatic carbocycles. The van der Waals surface area contributed by atoms with Crippen LogP contribution in [0.25, 0.3) is 0 Å².